The molecule has 3 heterocycles. The maximum Gasteiger partial charge on any atom is 0.288 e. The van der Waals surface area contributed by atoms with E-state index in [1.54, 1.807) is 0 Å². The van der Waals surface area contributed by atoms with Crippen molar-refractivity contribution in [3.63, 3.8) is 0 Å². The summed E-state index contributed by atoms with van der Waals surface area (Å²) in [7, 11) is 2.12. The first kappa shape index (κ1) is 17.2. The van der Waals surface area contributed by atoms with Crippen molar-refractivity contribution in [3.05, 3.63) is 46.6 Å². The summed E-state index contributed by atoms with van der Waals surface area (Å²) in [5, 5.41) is 3.84. The van der Waals surface area contributed by atoms with Crippen LogP contribution in [0.2, 0.25) is 0 Å². The van der Waals surface area contributed by atoms with Crippen molar-refractivity contribution in [2.45, 2.75) is 45.4 Å². The molecule has 3 unspecified atom stereocenters. The molecule has 30 heavy (non-hydrogen) atoms. The third-order valence-electron chi connectivity index (χ3n) is 8.00. The molecule has 3 nitrogen and oxygen atoms in total. The molecule has 2 aromatic carbocycles. The highest BCUT2D eigenvalue weighted by Gasteiger charge is 2.44. The van der Waals surface area contributed by atoms with Crippen molar-refractivity contribution in [3.8, 4) is 22.8 Å². The number of hydrogen-bond donors (Lipinski definition) is 0. The second-order valence-corrected chi connectivity index (χ2v) is 10.6. The van der Waals surface area contributed by atoms with Crippen LogP contribution in [0, 0.1) is 25.7 Å². The van der Waals surface area contributed by atoms with Crippen molar-refractivity contribution in [2.75, 3.05) is 0 Å². The Labute approximate surface area is 180 Å². The predicted molar refractivity (Wildman–Crippen MR) is 121 cm³/mol. The van der Waals surface area contributed by atoms with Gasteiger partial charge >= 0.3 is 0 Å². The first-order valence-corrected chi connectivity index (χ1v) is 11.9. The van der Waals surface area contributed by atoms with Crippen molar-refractivity contribution < 1.29 is 9.30 Å². The number of fused-ring (bicyclic) bond motifs is 5. The van der Waals surface area contributed by atoms with E-state index in [1.807, 2.05) is 17.7 Å². The minimum atomic E-state index is 0.652. The fraction of sp³-hybridized carbons (Fsp3) is 0.385. The van der Waals surface area contributed by atoms with Crippen LogP contribution in [0.5, 0.6) is 11.5 Å². The third kappa shape index (κ3) is 2.05. The zero-order valence-corrected chi connectivity index (χ0v) is 18.5. The number of thiophene rings is 1. The van der Waals surface area contributed by atoms with Gasteiger partial charge in [-0.3, -0.25) is 0 Å². The maximum atomic E-state index is 6.87. The Morgan fingerprint density at radius 2 is 1.83 bits per heavy atom. The van der Waals surface area contributed by atoms with Gasteiger partial charge in [0.15, 0.2) is 11.4 Å². The average Bonchev–Trinajstić information content (AvgIpc) is 3.48. The molecule has 2 saturated carbocycles. The van der Waals surface area contributed by atoms with Crippen molar-refractivity contribution in [1.29, 1.82) is 0 Å². The monoisotopic (exact) mass is 413 g/mol. The lowest BCUT2D eigenvalue weighted by Crippen LogP contribution is -2.32. The minimum Gasteiger partial charge on any atom is -0.454 e. The molecule has 2 fully saturated rings. The van der Waals surface area contributed by atoms with Crippen LogP contribution < -0.4 is 9.30 Å². The highest BCUT2D eigenvalue weighted by Crippen LogP contribution is 2.60. The van der Waals surface area contributed by atoms with Gasteiger partial charge in [-0.2, -0.15) is 0 Å². The Balaban J connectivity index is 1.57. The number of rotatable bonds is 1. The van der Waals surface area contributed by atoms with Gasteiger partial charge in [-0.1, -0.05) is 42.0 Å². The van der Waals surface area contributed by atoms with Gasteiger partial charge in [0.2, 0.25) is 4.83 Å². The van der Waals surface area contributed by atoms with Gasteiger partial charge in [0.1, 0.15) is 11.1 Å². The van der Waals surface area contributed by atoms with Crippen LogP contribution in [-0.2, 0) is 7.05 Å². The van der Waals surface area contributed by atoms with Crippen LogP contribution in [-0.4, -0.2) is 4.98 Å². The SMILES string of the molecule is Cc1c2c(c(C)c3ccccc13)-c1c3c(c(C4CC5CCC4C5)sc3nc[n+]1C)O2. The van der Waals surface area contributed by atoms with E-state index >= 15 is 0 Å². The first-order valence-electron chi connectivity index (χ1n) is 11.1. The smallest absolute Gasteiger partial charge is 0.288 e. The lowest BCUT2D eigenvalue weighted by Gasteiger charge is -2.26. The van der Waals surface area contributed by atoms with E-state index in [0.717, 1.165) is 28.2 Å². The molecule has 4 heteroatoms. The summed E-state index contributed by atoms with van der Waals surface area (Å²) in [6.45, 7) is 4.46. The number of benzene rings is 2. The van der Waals surface area contributed by atoms with Crippen LogP contribution in [0.15, 0.2) is 30.6 Å². The summed E-state index contributed by atoms with van der Waals surface area (Å²) >= 11 is 1.89. The van der Waals surface area contributed by atoms with Crippen molar-refractivity contribution in [1.82, 2.24) is 4.98 Å². The van der Waals surface area contributed by atoms with Crippen LogP contribution >= 0.6 is 11.3 Å². The molecule has 7 rings (SSSR count). The third-order valence-corrected chi connectivity index (χ3v) is 9.21. The second-order valence-electron chi connectivity index (χ2n) is 9.56. The Kier molecular flexibility index (Phi) is 3.35. The van der Waals surface area contributed by atoms with E-state index in [0.29, 0.717) is 5.92 Å². The number of ether oxygens (including phenoxy) is 1. The van der Waals surface area contributed by atoms with Crippen molar-refractivity contribution in [2.24, 2.45) is 18.9 Å². The molecule has 2 aromatic heterocycles. The van der Waals surface area contributed by atoms with E-state index < -0.39 is 0 Å². The van der Waals surface area contributed by atoms with Gasteiger partial charge in [0.05, 0.1) is 17.5 Å². The Hall–Kier alpha value is -2.46. The highest BCUT2D eigenvalue weighted by atomic mass is 32.1. The summed E-state index contributed by atoms with van der Waals surface area (Å²) in [5.41, 5.74) is 5.05. The van der Waals surface area contributed by atoms with Crippen LogP contribution in [0.3, 0.4) is 0 Å². The van der Waals surface area contributed by atoms with Gasteiger partial charge in [-0.05, 0) is 66.3 Å². The molecule has 0 saturated heterocycles. The van der Waals surface area contributed by atoms with E-state index in [4.69, 9.17) is 9.72 Å². The number of aromatic nitrogens is 2. The molecule has 0 N–H and O–H groups in total. The lowest BCUT2D eigenvalue weighted by atomic mass is 9.86. The molecule has 0 spiro atoms. The van der Waals surface area contributed by atoms with Crippen LogP contribution in [0.25, 0.3) is 32.2 Å². The summed E-state index contributed by atoms with van der Waals surface area (Å²) < 4.78 is 9.07. The van der Waals surface area contributed by atoms with E-state index in [9.17, 15) is 0 Å². The maximum absolute atomic E-state index is 6.87. The van der Waals surface area contributed by atoms with Gasteiger partial charge in [-0.25, -0.2) is 4.57 Å². The summed E-state index contributed by atoms with van der Waals surface area (Å²) in [6, 6.07) is 8.73. The lowest BCUT2D eigenvalue weighted by molar-refractivity contribution is -0.662. The first-order chi connectivity index (χ1) is 14.6. The van der Waals surface area contributed by atoms with Crippen LogP contribution in [0.4, 0.5) is 0 Å². The molecular weight excluding hydrogens is 388 g/mol. The second kappa shape index (κ2) is 5.82. The molecule has 150 valence electrons. The highest BCUT2D eigenvalue weighted by molar-refractivity contribution is 7.19. The van der Waals surface area contributed by atoms with Gasteiger partial charge < -0.3 is 4.74 Å². The Morgan fingerprint density at radius 1 is 1.03 bits per heavy atom. The number of aryl methyl sites for hydroxylation is 3. The van der Waals surface area contributed by atoms with Crippen LogP contribution in [0.1, 0.15) is 47.6 Å². The molecule has 0 radical (unpaired) electrons. The summed E-state index contributed by atoms with van der Waals surface area (Å²) in [4.78, 5) is 7.41. The van der Waals surface area contributed by atoms with Crippen molar-refractivity contribution >= 4 is 32.3 Å². The fourth-order valence-electron chi connectivity index (χ4n) is 6.57. The topological polar surface area (TPSA) is 26.0 Å². The molecule has 3 atom stereocenters. The average molecular weight is 414 g/mol. The molecule has 2 bridgehead atoms. The zero-order chi connectivity index (χ0) is 20.1. The van der Waals surface area contributed by atoms with Gasteiger partial charge in [0, 0.05) is 11.5 Å². The fourth-order valence-corrected chi connectivity index (χ4v) is 7.85. The summed E-state index contributed by atoms with van der Waals surface area (Å²) in [5.74, 6) is 4.56. The van der Waals surface area contributed by atoms with E-state index in [-0.39, 0.29) is 0 Å². The van der Waals surface area contributed by atoms with Gasteiger partial charge in [0.25, 0.3) is 6.33 Å². The largest absolute Gasteiger partial charge is 0.454 e. The summed E-state index contributed by atoms with van der Waals surface area (Å²) in [6.07, 6.45) is 7.54. The molecule has 1 aliphatic heterocycles. The Bertz CT molecular complexity index is 1390. The quantitative estimate of drug-likeness (QED) is 0.291. The van der Waals surface area contributed by atoms with Gasteiger partial charge in [-0.15, -0.1) is 0 Å². The Morgan fingerprint density at radius 3 is 2.57 bits per heavy atom. The zero-order valence-electron chi connectivity index (χ0n) is 17.7. The molecule has 0 amide bonds. The molecule has 4 aromatic rings. The van der Waals surface area contributed by atoms with E-state index in [2.05, 4.69) is 49.7 Å². The minimum absolute atomic E-state index is 0.652. The normalized spacial score (nSPS) is 23.9. The molecule has 2 aliphatic carbocycles. The molecular formula is C26H25N2OS+. The van der Waals surface area contributed by atoms with E-state index in [1.165, 1.54) is 69.1 Å². The standard InChI is InChI=1S/C26H25N2OS/c1-13-17-6-4-5-7-18(17)14(2)23-20(13)22-21-24(29-23)25(30-26(21)27-12-28(22)3)19-11-15-8-9-16(19)10-15/h4-7,12,15-16,19H,8-11H2,1-3H3/q+1. The number of nitrogens with zero attached hydrogens (tertiary/aromatic N) is 2. The number of hydrogen-bond acceptors (Lipinski definition) is 3. The molecule has 3 aliphatic rings. The predicted octanol–water partition coefficient (Wildman–Crippen LogP) is 6.57.